The first-order valence-corrected chi connectivity index (χ1v) is 7.15. The van der Waals surface area contributed by atoms with Gasteiger partial charge >= 0.3 is 0 Å². The van der Waals surface area contributed by atoms with E-state index >= 15 is 0 Å². The van der Waals surface area contributed by atoms with Gasteiger partial charge in [0.05, 0.1) is 4.88 Å². The number of fused-ring (bicyclic) bond motifs is 1. The second-order valence-electron chi connectivity index (χ2n) is 4.60. The Morgan fingerprint density at radius 1 is 1.00 bits per heavy atom. The average Bonchev–Trinajstić information content (AvgIpc) is 2.89. The van der Waals surface area contributed by atoms with Gasteiger partial charge in [-0.2, -0.15) is 0 Å². The highest BCUT2D eigenvalue weighted by atomic mass is 32.1. The zero-order chi connectivity index (χ0) is 14.8. The van der Waals surface area contributed by atoms with E-state index in [0.717, 1.165) is 10.3 Å². The Morgan fingerprint density at radius 3 is 2.48 bits per heavy atom. The smallest absolute Gasteiger partial charge is 0.261 e. The summed E-state index contributed by atoms with van der Waals surface area (Å²) in [4.78, 5) is 12.6. The molecule has 0 radical (unpaired) electrons. The molecule has 0 aliphatic rings. The van der Waals surface area contributed by atoms with Gasteiger partial charge in [0.1, 0.15) is 11.6 Å². The molecule has 1 aromatic heterocycles. The van der Waals surface area contributed by atoms with E-state index in [0.29, 0.717) is 16.8 Å². The molecule has 106 valence electrons. The summed E-state index contributed by atoms with van der Waals surface area (Å²) in [6, 6.07) is 12.1. The number of nitrogens with one attached hydrogen (secondary N) is 1. The van der Waals surface area contributed by atoms with Crippen LogP contribution in [-0.4, -0.2) is 5.91 Å². The third kappa shape index (κ3) is 3.08. The molecule has 1 N–H and O–H groups in total. The van der Waals surface area contributed by atoms with Crippen LogP contribution in [0.15, 0.2) is 48.5 Å². The molecule has 3 aromatic rings. The Bertz CT molecular complexity index is 796. The topological polar surface area (TPSA) is 29.1 Å². The number of rotatable bonds is 3. The Balaban J connectivity index is 1.73. The summed E-state index contributed by atoms with van der Waals surface area (Å²) >= 11 is 1.31. The maximum absolute atomic E-state index is 13.1. The van der Waals surface area contributed by atoms with Crippen molar-refractivity contribution in [2.24, 2.45) is 0 Å². The molecule has 0 saturated heterocycles. The summed E-state index contributed by atoms with van der Waals surface area (Å²) in [6.45, 7) is 0.321. The maximum atomic E-state index is 13.1. The molecule has 0 aliphatic carbocycles. The van der Waals surface area contributed by atoms with Gasteiger partial charge in [0, 0.05) is 11.2 Å². The normalized spacial score (nSPS) is 10.8. The van der Waals surface area contributed by atoms with E-state index in [1.54, 1.807) is 24.3 Å². The van der Waals surface area contributed by atoms with Crippen LogP contribution < -0.4 is 5.32 Å². The van der Waals surface area contributed by atoms with E-state index in [1.165, 1.54) is 35.6 Å². The lowest BCUT2D eigenvalue weighted by Crippen LogP contribution is -2.21. The van der Waals surface area contributed by atoms with Crippen molar-refractivity contribution in [3.8, 4) is 0 Å². The third-order valence-electron chi connectivity index (χ3n) is 3.07. The molecule has 3 rings (SSSR count). The first-order valence-electron chi connectivity index (χ1n) is 6.33. The van der Waals surface area contributed by atoms with E-state index in [2.05, 4.69) is 5.32 Å². The van der Waals surface area contributed by atoms with E-state index in [9.17, 15) is 13.6 Å². The van der Waals surface area contributed by atoms with E-state index < -0.39 is 0 Å². The fourth-order valence-electron chi connectivity index (χ4n) is 2.00. The highest BCUT2D eigenvalue weighted by Crippen LogP contribution is 2.26. The first kappa shape index (κ1) is 13.7. The number of thiophene rings is 1. The summed E-state index contributed by atoms with van der Waals surface area (Å²) in [5.74, 6) is -0.851. The molecule has 0 spiro atoms. The van der Waals surface area contributed by atoms with Gasteiger partial charge < -0.3 is 5.32 Å². The zero-order valence-electron chi connectivity index (χ0n) is 10.9. The second kappa shape index (κ2) is 5.61. The van der Waals surface area contributed by atoms with E-state index in [-0.39, 0.29) is 17.5 Å². The first-order chi connectivity index (χ1) is 10.1. The van der Waals surface area contributed by atoms with Crippen LogP contribution in [0.25, 0.3) is 10.1 Å². The summed E-state index contributed by atoms with van der Waals surface area (Å²) in [5, 5.41) is 3.48. The van der Waals surface area contributed by atoms with Crippen LogP contribution >= 0.6 is 11.3 Å². The predicted molar refractivity (Wildman–Crippen MR) is 79.4 cm³/mol. The standard InChI is InChI=1S/C16H11F2NOS/c17-12-3-1-10(2-4-12)9-19-16(20)15-8-11-7-13(18)5-6-14(11)21-15/h1-8H,9H2,(H,19,20). The van der Waals surface area contributed by atoms with Gasteiger partial charge in [-0.05, 0) is 47.3 Å². The minimum atomic E-state index is -0.321. The molecule has 0 bridgehead atoms. The lowest BCUT2D eigenvalue weighted by molar-refractivity contribution is 0.0955. The number of benzene rings is 2. The van der Waals surface area contributed by atoms with Crippen molar-refractivity contribution in [2.45, 2.75) is 6.54 Å². The molecule has 0 unspecified atom stereocenters. The SMILES string of the molecule is O=C(NCc1ccc(F)cc1)c1cc2cc(F)ccc2s1. The molecule has 5 heteroatoms. The molecule has 1 amide bonds. The number of hydrogen-bond acceptors (Lipinski definition) is 2. The molecular formula is C16H11F2NOS. The molecule has 0 saturated carbocycles. The van der Waals surface area contributed by atoms with Gasteiger partial charge in [0.2, 0.25) is 0 Å². The van der Waals surface area contributed by atoms with Crippen LogP contribution in [0.5, 0.6) is 0 Å². The highest BCUT2D eigenvalue weighted by molar-refractivity contribution is 7.20. The van der Waals surface area contributed by atoms with Crippen molar-refractivity contribution in [2.75, 3.05) is 0 Å². The van der Waals surface area contributed by atoms with Crippen LogP contribution in [0, 0.1) is 11.6 Å². The lowest BCUT2D eigenvalue weighted by Gasteiger charge is -2.03. The minimum Gasteiger partial charge on any atom is -0.347 e. The van der Waals surface area contributed by atoms with Crippen molar-refractivity contribution >= 4 is 27.3 Å². The maximum Gasteiger partial charge on any atom is 0.261 e. The summed E-state index contributed by atoms with van der Waals surface area (Å²) in [7, 11) is 0. The fourth-order valence-corrected chi connectivity index (χ4v) is 2.96. The predicted octanol–water partition coefficient (Wildman–Crippen LogP) is 4.11. The Morgan fingerprint density at radius 2 is 1.71 bits per heavy atom. The van der Waals surface area contributed by atoms with Crippen molar-refractivity contribution in [3.05, 3.63) is 70.6 Å². The average molecular weight is 303 g/mol. The number of amides is 1. The molecule has 1 heterocycles. The summed E-state index contributed by atoms with van der Waals surface area (Å²) < 4.78 is 26.8. The van der Waals surface area contributed by atoms with Gasteiger partial charge in [-0.15, -0.1) is 11.3 Å². The number of carbonyl (C=O) groups excluding carboxylic acids is 1. The number of carbonyl (C=O) groups is 1. The van der Waals surface area contributed by atoms with Crippen LogP contribution in [0.3, 0.4) is 0 Å². The van der Waals surface area contributed by atoms with Gasteiger partial charge in [-0.25, -0.2) is 8.78 Å². The van der Waals surface area contributed by atoms with Gasteiger partial charge in [0.15, 0.2) is 0 Å². The van der Waals surface area contributed by atoms with E-state index in [4.69, 9.17) is 0 Å². The largest absolute Gasteiger partial charge is 0.347 e. The molecule has 0 atom stereocenters. The van der Waals surface area contributed by atoms with E-state index in [1.807, 2.05) is 0 Å². The van der Waals surface area contributed by atoms with Crippen LogP contribution in [0.1, 0.15) is 15.2 Å². The van der Waals surface area contributed by atoms with Gasteiger partial charge in [0.25, 0.3) is 5.91 Å². The van der Waals surface area contributed by atoms with Crippen molar-refractivity contribution in [1.82, 2.24) is 5.32 Å². The van der Waals surface area contributed by atoms with Crippen molar-refractivity contribution in [1.29, 1.82) is 0 Å². The van der Waals surface area contributed by atoms with Crippen LogP contribution in [-0.2, 0) is 6.54 Å². The highest BCUT2D eigenvalue weighted by Gasteiger charge is 2.10. The zero-order valence-corrected chi connectivity index (χ0v) is 11.7. The number of hydrogen-bond donors (Lipinski definition) is 1. The minimum absolute atomic E-state index is 0.221. The number of halogens is 2. The van der Waals surface area contributed by atoms with Gasteiger partial charge in [-0.1, -0.05) is 12.1 Å². The fraction of sp³-hybridized carbons (Fsp3) is 0.0625. The molecule has 0 aliphatic heterocycles. The molecule has 2 aromatic carbocycles. The van der Waals surface area contributed by atoms with Crippen LogP contribution in [0.2, 0.25) is 0 Å². The van der Waals surface area contributed by atoms with Crippen LogP contribution in [0.4, 0.5) is 8.78 Å². The van der Waals surface area contributed by atoms with Gasteiger partial charge in [-0.3, -0.25) is 4.79 Å². The van der Waals surface area contributed by atoms with Crippen molar-refractivity contribution < 1.29 is 13.6 Å². The lowest BCUT2D eigenvalue weighted by atomic mass is 10.2. The van der Waals surface area contributed by atoms with Crippen molar-refractivity contribution in [3.63, 3.8) is 0 Å². The Hall–Kier alpha value is -2.27. The second-order valence-corrected chi connectivity index (χ2v) is 5.69. The Kier molecular flexibility index (Phi) is 3.66. The molecular weight excluding hydrogens is 292 g/mol. The monoisotopic (exact) mass is 303 g/mol. The third-order valence-corrected chi connectivity index (χ3v) is 4.18. The molecule has 0 fully saturated rings. The summed E-state index contributed by atoms with van der Waals surface area (Å²) in [6.07, 6.45) is 0. The molecule has 2 nitrogen and oxygen atoms in total. The molecule has 21 heavy (non-hydrogen) atoms. The summed E-state index contributed by atoms with van der Waals surface area (Å²) in [5.41, 5.74) is 0.817. The Labute approximate surface area is 124 Å². The quantitative estimate of drug-likeness (QED) is 0.775.